The third-order valence-electron chi connectivity index (χ3n) is 3.04. The van der Waals surface area contributed by atoms with Crippen LogP contribution in [0.5, 0.6) is 0 Å². The van der Waals surface area contributed by atoms with Gasteiger partial charge in [-0.05, 0) is 51.0 Å². The molecule has 2 N–H and O–H groups in total. The lowest BCUT2D eigenvalue weighted by molar-refractivity contribution is 0.250. The molecule has 116 valence electrons. The highest BCUT2D eigenvalue weighted by Crippen LogP contribution is 2.34. The molecular weight excluding hydrogens is 290 g/mol. The minimum absolute atomic E-state index is 0.0554. The van der Waals surface area contributed by atoms with Crippen molar-refractivity contribution in [1.29, 1.82) is 0 Å². The summed E-state index contributed by atoms with van der Waals surface area (Å²) in [5, 5.41) is 5.43. The van der Waals surface area contributed by atoms with Gasteiger partial charge in [-0.1, -0.05) is 0 Å². The summed E-state index contributed by atoms with van der Waals surface area (Å²) in [5.41, 5.74) is 1.26. The van der Waals surface area contributed by atoms with Crippen LogP contribution in [0.25, 0.3) is 0 Å². The van der Waals surface area contributed by atoms with E-state index < -0.39 is 10.0 Å². The van der Waals surface area contributed by atoms with E-state index in [4.69, 9.17) is 0 Å². The van der Waals surface area contributed by atoms with E-state index in [9.17, 15) is 13.2 Å². The first-order chi connectivity index (χ1) is 9.77. The first-order valence-corrected chi connectivity index (χ1v) is 8.79. The van der Waals surface area contributed by atoms with Crippen molar-refractivity contribution in [2.45, 2.75) is 38.8 Å². The van der Waals surface area contributed by atoms with Crippen molar-refractivity contribution in [3.05, 3.63) is 24.3 Å². The lowest BCUT2D eigenvalue weighted by atomic mass is 10.2. The maximum absolute atomic E-state index is 11.8. The molecule has 1 aliphatic carbocycles. The highest BCUT2D eigenvalue weighted by atomic mass is 32.2. The Morgan fingerprint density at radius 3 is 2.24 bits per heavy atom. The lowest BCUT2D eigenvalue weighted by Crippen LogP contribution is -2.34. The molecule has 1 fully saturated rings. The maximum atomic E-state index is 11.8. The minimum atomic E-state index is -3.27. The second-order valence-corrected chi connectivity index (χ2v) is 7.45. The van der Waals surface area contributed by atoms with Crippen LogP contribution in [0.3, 0.4) is 0 Å². The summed E-state index contributed by atoms with van der Waals surface area (Å²) >= 11 is 0. The molecule has 2 amide bonds. The highest BCUT2D eigenvalue weighted by Gasteiger charge is 2.35. The first-order valence-electron chi connectivity index (χ1n) is 6.94. The van der Waals surface area contributed by atoms with Gasteiger partial charge in [0.15, 0.2) is 0 Å². The fraction of sp³-hybridized carbons (Fsp3) is 0.500. The average molecular weight is 311 g/mol. The van der Waals surface area contributed by atoms with E-state index in [1.54, 1.807) is 24.3 Å². The molecular formula is C14H21N3O3S. The number of benzene rings is 1. The second kappa shape index (κ2) is 5.93. The maximum Gasteiger partial charge on any atom is 0.319 e. The van der Waals surface area contributed by atoms with Crippen molar-refractivity contribution in [1.82, 2.24) is 5.32 Å². The van der Waals surface area contributed by atoms with E-state index in [2.05, 4.69) is 10.6 Å². The number of hydrogen-bond acceptors (Lipinski definition) is 3. The van der Waals surface area contributed by atoms with Crippen LogP contribution in [0.4, 0.5) is 16.2 Å². The van der Waals surface area contributed by atoms with E-state index in [1.165, 1.54) is 10.6 Å². The van der Waals surface area contributed by atoms with Gasteiger partial charge in [-0.2, -0.15) is 0 Å². The molecule has 0 atom stereocenters. The lowest BCUT2D eigenvalue weighted by Gasteiger charge is -2.22. The molecule has 0 bridgehead atoms. The van der Waals surface area contributed by atoms with Gasteiger partial charge in [0, 0.05) is 17.8 Å². The van der Waals surface area contributed by atoms with Crippen molar-refractivity contribution in [3.63, 3.8) is 0 Å². The molecule has 1 aromatic rings. The number of carbonyl (C=O) groups is 1. The molecule has 6 nitrogen and oxygen atoms in total. The van der Waals surface area contributed by atoms with Gasteiger partial charge < -0.3 is 10.6 Å². The van der Waals surface area contributed by atoms with Gasteiger partial charge >= 0.3 is 6.03 Å². The Labute approximate surface area is 125 Å². The van der Waals surface area contributed by atoms with Crippen LogP contribution >= 0.6 is 0 Å². The quantitative estimate of drug-likeness (QED) is 0.874. The van der Waals surface area contributed by atoms with E-state index >= 15 is 0 Å². The van der Waals surface area contributed by atoms with Gasteiger partial charge in [-0.3, -0.25) is 4.31 Å². The molecule has 0 aliphatic heterocycles. The topological polar surface area (TPSA) is 78.5 Å². The smallest absolute Gasteiger partial charge is 0.319 e. The molecule has 0 heterocycles. The van der Waals surface area contributed by atoms with E-state index in [0.29, 0.717) is 11.4 Å². The van der Waals surface area contributed by atoms with Gasteiger partial charge in [0.25, 0.3) is 0 Å². The molecule has 0 unspecified atom stereocenters. The van der Waals surface area contributed by atoms with E-state index in [0.717, 1.165) is 12.8 Å². The molecule has 2 rings (SSSR count). The van der Waals surface area contributed by atoms with Crippen molar-refractivity contribution in [2.75, 3.05) is 15.9 Å². The number of amides is 2. The molecule has 1 aliphatic rings. The summed E-state index contributed by atoms with van der Waals surface area (Å²) in [6.45, 7) is 3.75. The summed E-state index contributed by atoms with van der Waals surface area (Å²) in [4.78, 5) is 11.6. The molecule has 1 saturated carbocycles. The molecule has 0 spiro atoms. The summed E-state index contributed by atoms with van der Waals surface area (Å²) in [6.07, 6.45) is 3.00. The van der Waals surface area contributed by atoms with Crippen molar-refractivity contribution >= 4 is 27.4 Å². The monoisotopic (exact) mass is 311 g/mol. The number of rotatable bonds is 5. The van der Waals surface area contributed by atoms with Crippen molar-refractivity contribution < 1.29 is 13.2 Å². The van der Waals surface area contributed by atoms with Gasteiger partial charge in [0.2, 0.25) is 10.0 Å². The Kier molecular flexibility index (Phi) is 4.41. The summed E-state index contributed by atoms with van der Waals surface area (Å²) in [6, 6.07) is 6.68. The Balaban J connectivity index is 2.09. The zero-order valence-corrected chi connectivity index (χ0v) is 13.3. The third-order valence-corrected chi connectivity index (χ3v) is 4.26. The van der Waals surface area contributed by atoms with Crippen molar-refractivity contribution in [2.24, 2.45) is 0 Å². The summed E-state index contributed by atoms with van der Waals surface area (Å²) in [7, 11) is -3.27. The molecule has 0 aromatic heterocycles. The van der Waals surface area contributed by atoms with Crippen LogP contribution in [0.1, 0.15) is 26.7 Å². The molecule has 0 radical (unpaired) electrons. The van der Waals surface area contributed by atoms with Crippen molar-refractivity contribution in [3.8, 4) is 0 Å². The largest absolute Gasteiger partial charge is 0.336 e. The number of nitrogens with zero attached hydrogens (tertiary/aromatic N) is 1. The number of hydrogen-bond donors (Lipinski definition) is 2. The van der Waals surface area contributed by atoms with Crippen LogP contribution in [0.15, 0.2) is 24.3 Å². The number of carbonyl (C=O) groups excluding carboxylic acids is 1. The number of nitrogens with one attached hydrogen (secondary N) is 2. The van der Waals surface area contributed by atoms with Gasteiger partial charge in [0.1, 0.15) is 0 Å². The van der Waals surface area contributed by atoms with Crippen LogP contribution in [-0.4, -0.2) is 32.8 Å². The Hall–Kier alpha value is -1.76. The summed E-state index contributed by atoms with van der Waals surface area (Å²) in [5.74, 6) is 0. The molecule has 1 aromatic carbocycles. The van der Waals surface area contributed by atoms with Gasteiger partial charge in [-0.25, -0.2) is 13.2 Å². The Bertz CT molecular complexity index is 607. The van der Waals surface area contributed by atoms with Crippen LogP contribution < -0.4 is 14.9 Å². The zero-order valence-electron chi connectivity index (χ0n) is 12.5. The normalized spacial score (nSPS) is 14.9. The Morgan fingerprint density at radius 2 is 1.81 bits per heavy atom. The van der Waals surface area contributed by atoms with Gasteiger partial charge in [0.05, 0.1) is 11.9 Å². The molecule has 21 heavy (non-hydrogen) atoms. The first kappa shape index (κ1) is 15.6. The highest BCUT2D eigenvalue weighted by molar-refractivity contribution is 7.92. The summed E-state index contributed by atoms with van der Waals surface area (Å²) < 4.78 is 25.1. The fourth-order valence-corrected chi connectivity index (χ4v) is 3.36. The Morgan fingerprint density at radius 1 is 1.24 bits per heavy atom. The predicted octanol–water partition coefficient (Wildman–Crippen LogP) is 2.14. The van der Waals surface area contributed by atoms with Crippen LogP contribution in [-0.2, 0) is 10.0 Å². The predicted molar refractivity (Wildman–Crippen MR) is 84.1 cm³/mol. The number of anilines is 2. The standard InChI is InChI=1S/C14H21N3O3S/c1-10(2)15-14(18)16-11-4-6-12(7-5-11)17(13-8-9-13)21(3,19)20/h4-7,10,13H,8-9H2,1-3H3,(H2,15,16,18). The van der Waals surface area contributed by atoms with E-state index in [-0.39, 0.29) is 18.1 Å². The van der Waals surface area contributed by atoms with Gasteiger partial charge in [-0.15, -0.1) is 0 Å². The molecule has 0 saturated heterocycles. The van der Waals surface area contributed by atoms with Crippen LogP contribution in [0, 0.1) is 0 Å². The number of urea groups is 1. The fourth-order valence-electron chi connectivity index (χ4n) is 2.10. The van der Waals surface area contributed by atoms with E-state index in [1.807, 2.05) is 13.8 Å². The second-order valence-electron chi connectivity index (χ2n) is 5.59. The number of sulfonamides is 1. The minimum Gasteiger partial charge on any atom is -0.336 e. The average Bonchev–Trinajstić information content (AvgIpc) is 3.13. The zero-order chi connectivity index (χ0) is 15.6. The third kappa shape index (κ3) is 4.35. The molecule has 7 heteroatoms. The van der Waals surface area contributed by atoms with Crippen LogP contribution in [0.2, 0.25) is 0 Å². The SMILES string of the molecule is CC(C)NC(=O)Nc1ccc(N(C2CC2)S(C)(=O)=O)cc1.